The molecule has 6 heteroatoms. The van der Waals surface area contributed by atoms with Crippen molar-refractivity contribution in [3.05, 3.63) is 33.3 Å². The highest BCUT2D eigenvalue weighted by Gasteiger charge is 2.32. The third-order valence-corrected chi connectivity index (χ3v) is 4.53. The predicted molar refractivity (Wildman–Crippen MR) is 79.5 cm³/mol. The van der Waals surface area contributed by atoms with E-state index in [2.05, 4.69) is 9.80 Å². The molecule has 2 aliphatic rings. The Bertz CT molecular complexity index is 517. The van der Waals surface area contributed by atoms with Gasteiger partial charge in [0.1, 0.15) is 5.69 Å². The maximum atomic E-state index is 11.2. The van der Waals surface area contributed by atoms with Crippen LogP contribution in [0.15, 0.2) is 18.2 Å². The molecule has 0 radical (unpaired) electrons. The molecule has 0 saturated carbocycles. The average Bonchev–Trinajstić information content (AvgIpc) is 3.09. The predicted octanol–water partition coefficient (Wildman–Crippen LogP) is 2.92. The Morgan fingerprint density at radius 1 is 1.25 bits per heavy atom. The van der Waals surface area contributed by atoms with Gasteiger partial charge in [0, 0.05) is 30.2 Å². The molecule has 5 nitrogen and oxygen atoms in total. The Balaban J connectivity index is 1.78. The molecule has 3 rings (SSSR count). The fraction of sp³-hybridized carbons (Fsp3) is 0.571. The lowest BCUT2D eigenvalue weighted by Crippen LogP contribution is -2.35. The quantitative estimate of drug-likeness (QED) is 0.635. The summed E-state index contributed by atoms with van der Waals surface area (Å²) in [4.78, 5) is 15.5. The Hall–Kier alpha value is -1.33. The molecule has 1 aromatic carbocycles. The minimum Gasteiger partial charge on any atom is -0.364 e. The molecule has 0 N–H and O–H groups in total. The van der Waals surface area contributed by atoms with Crippen molar-refractivity contribution in [3.8, 4) is 0 Å². The van der Waals surface area contributed by atoms with Crippen LogP contribution in [0, 0.1) is 10.1 Å². The molecule has 1 unspecified atom stereocenters. The second-order valence-corrected chi connectivity index (χ2v) is 5.96. The van der Waals surface area contributed by atoms with Gasteiger partial charge < -0.3 is 4.90 Å². The van der Waals surface area contributed by atoms with Crippen molar-refractivity contribution in [1.29, 1.82) is 0 Å². The number of anilines is 1. The van der Waals surface area contributed by atoms with Crippen molar-refractivity contribution >= 4 is 23.0 Å². The van der Waals surface area contributed by atoms with Crippen LogP contribution in [0.2, 0.25) is 5.02 Å². The highest BCUT2D eigenvalue weighted by Crippen LogP contribution is 2.34. The van der Waals surface area contributed by atoms with Crippen LogP contribution in [0.25, 0.3) is 0 Å². The van der Waals surface area contributed by atoms with E-state index >= 15 is 0 Å². The molecule has 2 saturated heterocycles. The fourth-order valence-electron chi connectivity index (χ4n) is 3.28. The normalized spacial score (nSPS) is 23.4. The van der Waals surface area contributed by atoms with Gasteiger partial charge in [-0.1, -0.05) is 11.6 Å². The second kappa shape index (κ2) is 5.58. The molecule has 2 fully saturated rings. The van der Waals surface area contributed by atoms with Gasteiger partial charge in [-0.2, -0.15) is 0 Å². The van der Waals surface area contributed by atoms with Gasteiger partial charge in [0.05, 0.1) is 4.92 Å². The van der Waals surface area contributed by atoms with Crippen molar-refractivity contribution in [1.82, 2.24) is 4.90 Å². The van der Waals surface area contributed by atoms with Gasteiger partial charge in [-0.25, -0.2) is 0 Å². The van der Waals surface area contributed by atoms with Crippen LogP contribution >= 0.6 is 11.6 Å². The Labute approximate surface area is 123 Å². The van der Waals surface area contributed by atoms with Crippen LogP contribution in [-0.4, -0.2) is 42.0 Å². The van der Waals surface area contributed by atoms with Gasteiger partial charge in [0.15, 0.2) is 0 Å². The maximum Gasteiger partial charge on any atom is 0.294 e. The van der Waals surface area contributed by atoms with Crippen LogP contribution < -0.4 is 4.90 Å². The summed E-state index contributed by atoms with van der Waals surface area (Å²) in [5, 5.41) is 11.6. The minimum absolute atomic E-state index is 0.111. The molecule has 0 aliphatic carbocycles. The lowest BCUT2D eigenvalue weighted by Gasteiger charge is -2.24. The molecule has 1 atom stereocenters. The Kier molecular flexibility index (Phi) is 3.81. The molecule has 20 heavy (non-hydrogen) atoms. The van der Waals surface area contributed by atoms with E-state index in [1.807, 2.05) is 0 Å². The highest BCUT2D eigenvalue weighted by molar-refractivity contribution is 6.30. The van der Waals surface area contributed by atoms with E-state index in [-0.39, 0.29) is 10.6 Å². The number of hydrogen-bond donors (Lipinski definition) is 0. The number of nitro benzene ring substituents is 1. The highest BCUT2D eigenvalue weighted by atomic mass is 35.5. The number of hydrogen-bond acceptors (Lipinski definition) is 4. The van der Waals surface area contributed by atoms with Crippen molar-refractivity contribution in [2.75, 3.05) is 31.1 Å². The molecule has 0 spiro atoms. The van der Waals surface area contributed by atoms with Gasteiger partial charge in [-0.15, -0.1) is 0 Å². The molecular weight excluding hydrogens is 278 g/mol. The molecule has 0 aromatic heterocycles. The van der Waals surface area contributed by atoms with Crippen LogP contribution in [-0.2, 0) is 0 Å². The summed E-state index contributed by atoms with van der Waals surface area (Å²) < 4.78 is 0. The van der Waals surface area contributed by atoms with Crippen LogP contribution in [0.1, 0.15) is 19.3 Å². The third kappa shape index (κ3) is 2.60. The van der Waals surface area contributed by atoms with Crippen molar-refractivity contribution in [2.24, 2.45) is 0 Å². The van der Waals surface area contributed by atoms with Gasteiger partial charge in [0.25, 0.3) is 5.69 Å². The van der Waals surface area contributed by atoms with Crippen LogP contribution in [0.3, 0.4) is 0 Å². The molecule has 0 amide bonds. The first-order valence-corrected chi connectivity index (χ1v) is 7.46. The number of nitrogens with zero attached hydrogens (tertiary/aromatic N) is 3. The topological polar surface area (TPSA) is 49.6 Å². The van der Waals surface area contributed by atoms with Gasteiger partial charge >= 0.3 is 0 Å². The molecular formula is C14H18ClN3O2. The molecule has 2 heterocycles. The number of rotatable bonds is 3. The lowest BCUT2D eigenvalue weighted by atomic mass is 10.2. The smallest absolute Gasteiger partial charge is 0.294 e. The van der Waals surface area contributed by atoms with E-state index in [1.165, 1.54) is 32.0 Å². The first kappa shape index (κ1) is 13.6. The SMILES string of the molecule is O=[N+]([O-])c1cc(Cl)ccc1N1CCC(N2CCCC2)C1. The monoisotopic (exact) mass is 295 g/mol. The van der Waals surface area contributed by atoms with Crippen molar-refractivity contribution in [3.63, 3.8) is 0 Å². The fourth-order valence-corrected chi connectivity index (χ4v) is 3.44. The van der Waals surface area contributed by atoms with Gasteiger partial charge in [-0.05, 0) is 44.5 Å². The Morgan fingerprint density at radius 2 is 2.00 bits per heavy atom. The summed E-state index contributed by atoms with van der Waals surface area (Å²) in [6.07, 6.45) is 3.63. The summed E-state index contributed by atoms with van der Waals surface area (Å²) in [5.74, 6) is 0. The zero-order valence-corrected chi connectivity index (χ0v) is 12.1. The second-order valence-electron chi connectivity index (χ2n) is 5.52. The van der Waals surface area contributed by atoms with E-state index < -0.39 is 0 Å². The maximum absolute atomic E-state index is 11.2. The lowest BCUT2D eigenvalue weighted by molar-refractivity contribution is -0.384. The number of halogens is 1. The Morgan fingerprint density at radius 3 is 2.70 bits per heavy atom. The van der Waals surface area contributed by atoms with E-state index in [0.29, 0.717) is 16.8 Å². The van der Waals surface area contributed by atoms with Crippen LogP contribution in [0.5, 0.6) is 0 Å². The number of nitro groups is 1. The summed E-state index contributed by atoms with van der Waals surface area (Å²) in [6.45, 7) is 4.09. The van der Waals surface area contributed by atoms with E-state index in [9.17, 15) is 10.1 Å². The molecule has 2 aliphatic heterocycles. The van der Waals surface area contributed by atoms with Crippen molar-refractivity contribution < 1.29 is 4.92 Å². The summed E-state index contributed by atoms with van der Waals surface area (Å²) >= 11 is 5.87. The zero-order chi connectivity index (χ0) is 14.1. The summed E-state index contributed by atoms with van der Waals surface area (Å²) in [5.41, 5.74) is 0.806. The average molecular weight is 296 g/mol. The van der Waals surface area contributed by atoms with Crippen molar-refractivity contribution in [2.45, 2.75) is 25.3 Å². The van der Waals surface area contributed by atoms with Crippen LogP contribution in [0.4, 0.5) is 11.4 Å². The number of benzene rings is 1. The molecule has 108 valence electrons. The summed E-state index contributed by atoms with van der Waals surface area (Å²) in [6, 6.07) is 5.48. The summed E-state index contributed by atoms with van der Waals surface area (Å²) in [7, 11) is 0. The first-order chi connectivity index (χ1) is 9.65. The van der Waals surface area contributed by atoms with Gasteiger partial charge in [0.2, 0.25) is 0 Å². The largest absolute Gasteiger partial charge is 0.364 e. The number of likely N-dealkylation sites (tertiary alicyclic amines) is 1. The first-order valence-electron chi connectivity index (χ1n) is 7.08. The van der Waals surface area contributed by atoms with E-state index in [4.69, 9.17) is 11.6 Å². The minimum atomic E-state index is -0.343. The standard InChI is InChI=1S/C14H18ClN3O2/c15-11-3-4-13(14(9-11)18(19)20)17-8-5-12(10-17)16-6-1-2-7-16/h3-4,9,12H,1-2,5-8,10H2. The third-order valence-electron chi connectivity index (χ3n) is 4.30. The van der Waals surface area contributed by atoms with E-state index in [0.717, 1.165) is 19.5 Å². The van der Waals surface area contributed by atoms with Gasteiger partial charge in [-0.3, -0.25) is 15.0 Å². The molecule has 0 bridgehead atoms. The zero-order valence-electron chi connectivity index (χ0n) is 11.3. The molecule has 1 aromatic rings. The van der Waals surface area contributed by atoms with E-state index in [1.54, 1.807) is 12.1 Å².